The molecular formula is C15H22N2OS. The number of thioether (sulfide) groups is 1. The molecule has 0 saturated heterocycles. The molecule has 2 unspecified atom stereocenters. The average molecular weight is 278 g/mol. The molecule has 0 aromatic heterocycles. The van der Waals surface area contributed by atoms with Crippen molar-refractivity contribution in [3.63, 3.8) is 0 Å². The first-order valence-electron chi connectivity index (χ1n) is 6.99. The molecule has 2 rings (SSSR count). The quantitative estimate of drug-likeness (QED) is 0.785. The van der Waals surface area contributed by atoms with Gasteiger partial charge in [0, 0.05) is 17.0 Å². The van der Waals surface area contributed by atoms with Crippen LogP contribution < -0.4 is 5.48 Å². The topological polar surface area (TPSA) is 44.6 Å². The highest BCUT2D eigenvalue weighted by molar-refractivity contribution is 8.00. The van der Waals surface area contributed by atoms with Gasteiger partial charge in [0.1, 0.15) is 4.87 Å². The maximum absolute atomic E-state index is 9.79. The van der Waals surface area contributed by atoms with Crippen LogP contribution in [0.3, 0.4) is 0 Å². The van der Waals surface area contributed by atoms with Crippen LogP contribution in [0.25, 0.3) is 0 Å². The summed E-state index contributed by atoms with van der Waals surface area (Å²) in [5.74, 6) is 0.236. The molecule has 1 aromatic rings. The number of aliphatic imine (C=N–C) groups is 1. The van der Waals surface area contributed by atoms with E-state index < -0.39 is 0 Å². The van der Waals surface area contributed by atoms with Crippen LogP contribution in [0.15, 0.2) is 34.2 Å². The lowest BCUT2D eigenvalue weighted by molar-refractivity contribution is 0.0860. The normalized spacial score (nSPS) is 25.9. The van der Waals surface area contributed by atoms with Gasteiger partial charge in [-0.3, -0.25) is 4.99 Å². The monoisotopic (exact) mass is 278 g/mol. The third-order valence-electron chi connectivity index (χ3n) is 3.56. The van der Waals surface area contributed by atoms with E-state index in [9.17, 15) is 5.21 Å². The van der Waals surface area contributed by atoms with E-state index in [0.717, 1.165) is 36.3 Å². The molecule has 2 atom stereocenters. The van der Waals surface area contributed by atoms with Gasteiger partial charge in [-0.05, 0) is 25.0 Å². The predicted molar refractivity (Wildman–Crippen MR) is 81.4 cm³/mol. The first kappa shape index (κ1) is 14.6. The number of hydroxylamine groups is 1. The van der Waals surface area contributed by atoms with Crippen molar-refractivity contribution in [3.8, 4) is 0 Å². The molecule has 0 radical (unpaired) electrons. The Morgan fingerprint density at radius 1 is 1.32 bits per heavy atom. The first-order valence-corrected chi connectivity index (χ1v) is 7.81. The number of nitrogens with zero attached hydrogens (tertiary/aromatic N) is 1. The number of benzene rings is 1. The fourth-order valence-electron chi connectivity index (χ4n) is 2.60. The Bertz CT molecular complexity index is 450. The molecular weight excluding hydrogens is 256 g/mol. The predicted octanol–water partition coefficient (Wildman–Crippen LogP) is 4.39. The summed E-state index contributed by atoms with van der Waals surface area (Å²) in [6, 6.07) is 8.13. The van der Waals surface area contributed by atoms with Gasteiger partial charge in [-0.15, -0.1) is 0 Å². The summed E-state index contributed by atoms with van der Waals surface area (Å²) in [5.41, 5.74) is 3.61. The van der Waals surface area contributed by atoms with E-state index in [4.69, 9.17) is 0 Å². The van der Waals surface area contributed by atoms with Crippen molar-refractivity contribution >= 4 is 23.7 Å². The second-order valence-electron chi connectivity index (χ2n) is 4.99. The van der Waals surface area contributed by atoms with Gasteiger partial charge in [0.15, 0.2) is 0 Å². The maximum Gasteiger partial charge on any atom is 0.100 e. The number of fused-ring (bicyclic) bond motifs is 1. The van der Waals surface area contributed by atoms with Gasteiger partial charge in [0.05, 0.1) is 5.69 Å². The molecule has 0 fully saturated rings. The lowest BCUT2D eigenvalue weighted by atomic mass is 9.92. The fourth-order valence-corrected chi connectivity index (χ4v) is 4.05. The third kappa shape index (κ3) is 3.02. The highest BCUT2D eigenvalue weighted by atomic mass is 32.2. The highest BCUT2D eigenvalue weighted by Crippen LogP contribution is 2.46. The highest BCUT2D eigenvalue weighted by Gasteiger charge is 2.39. The van der Waals surface area contributed by atoms with Crippen molar-refractivity contribution < 1.29 is 5.21 Å². The van der Waals surface area contributed by atoms with E-state index in [0.29, 0.717) is 0 Å². The summed E-state index contributed by atoms with van der Waals surface area (Å²) in [5, 5.41) is 9.79. The van der Waals surface area contributed by atoms with Crippen molar-refractivity contribution in [1.82, 2.24) is 5.48 Å². The minimum Gasteiger partial charge on any atom is -0.315 e. The molecule has 0 spiro atoms. The van der Waals surface area contributed by atoms with Gasteiger partial charge >= 0.3 is 0 Å². The molecule has 0 aliphatic carbocycles. The van der Waals surface area contributed by atoms with Crippen LogP contribution in [0.4, 0.5) is 5.69 Å². The second-order valence-corrected chi connectivity index (χ2v) is 6.37. The van der Waals surface area contributed by atoms with E-state index in [1.807, 2.05) is 24.4 Å². The van der Waals surface area contributed by atoms with Crippen LogP contribution in [-0.4, -0.2) is 16.3 Å². The van der Waals surface area contributed by atoms with Gasteiger partial charge in [-0.2, -0.15) is 5.48 Å². The Morgan fingerprint density at radius 2 is 2.11 bits per heavy atom. The summed E-state index contributed by atoms with van der Waals surface area (Å²) in [6.45, 7) is 4.32. The standard InChI is InChI=1S/C15H22N2OS/c1-3-7-12-11-16-13-8-5-6-9-14(13)19-15(12,17-18)10-4-2/h5-6,8-9,11-12,17-18H,3-4,7,10H2,1-2H3. The van der Waals surface area contributed by atoms with Gasteiger partial charge in [0.2, 0.25) is 0 Å². The van der Waals surface area contributed by atoms with Crippen LogP contribution >= 0.6 is 11.8 Å². The lowest BCUT2D eigenvalue weighted by Gasteiger charge is -2.36. The van der Waals surface area contributed by atoms with Crippen LogP contribution in [-0.2, 0) is 0 Å². The van der Waals surface area contributed by atoms with Crippen molar-refractivity contribution in [2.45, 2.75) is 49.3 Å². The molecule has 3 nitrogen and oxygen atoms in total. The molecule has 0 bridgehead atoms. The molecule has 2 N–H and O–H groups in total. The van der Waals surface area contributed by atoms with E-state index in [1.54, 1.807) is 11.8 Å². The number of nitrogens with one attached hydrogen (secondary N) is 1. The molecule has 0 saturated carbocycles. The Kier molecular flexibility index (Phi) is 5.02. The summed E-state index contributed by atoms with van der Waals surface area (Å²) < 4.78 is 0. The summed E-state index contributed by atoms with van der Waals surface area (Å²) in [7, 11) is 0. The molecule has 1 heterocycles. The van der Waals surface area contributed by atoms with E-state index in [1.165, 1.54) is 0 Å². The maximum atomic E-state index is 9.79. The van der Waals surface area contributed by atoms with Crippen LogP contribution in [0.2, 0.25) is 0 Å². The van der Waals surface area contributed by atoms with Crippen molar-refractivity contribution in [2.75, 3.05) is 0 Å². The molecule has 104 valence electrons. The lowest BCUT2D eigenvalue weighted by Crippen LogP contribution is -2.47. The minimum atomic E-state index is -0.360. The molecule has 1 aliphatic heterocycles. The summed E-state index contributed by atoms with van der Waals surface area (Å²) in [4.78, 5) is 5.39. The summed E-state index contributed by atoms with van der Waals surface area (Å²) in [6.07, 6.45) is 6.07. The zero-order chi connectivity index (χ0) is 13.7. The largest absolute Gasteiger partial charge is 0.315 e. The molecule has 4 heteroatoms. The van der Waals surface area contributed by atoms with Crippen molar-refractivity contribution in [2.24, 2.45) is 10.9 Å². The van der Waals surface area contributed by atoms with E-state index >= 15 is 0 Å². The molecule has 19 heavy (non-hydrogen) atoms. The van der Waals surface area contributed by atoms with Crippen LogP contribution in [0, 0.1) is 5.92 Å². The zero-order valence-corrected chi connectivity index (χ0v) is 12.4. The summed E-state index contributed by atoms with van der Waals surface area (Å²) >= 11 is 1.71. The molecule has 0 amide bonds. The van der Waals surface area contributed by atoms with Gasteiger partial charge in [-0.25, -0.2) is 0 Å². The molecule has 1 aromatic carbocycles. The smallest absolute Gasteiger partial charge is 0.100 e. The van der Waals surface area contributed by atoms with Crippen molar-refractivity contribution in [3.05, 3.63) is 24.3 Å². The van der Waals surface area contributed by atoms with Gasteiger partial charge in [-0.1, -0.05) is 50.6 Å². The Labute approximate surface area is 119 Å². The Hall–Kier alpha value is -0.840. The van der Waals surface area contributed by atoms with Crippen molar-refractivity contribution in [1.29, 1.82) is 0 Å². The van der Waals surface area contributed by atoms with Gasteiger partial charge in [0.25, 0.3) is 0 Å². The Morgan fingerprint density at radius 3 is 2.79 bits per heavy atom. The Balaban J connectivity index is 2.40. The zero-order valence-electron chi connectivity index (χ0n) is 11.6. The SMILES string of the molecule is CCCC1C=Nc2ccccc2SC1(CCC)NO. The minimum absolute atomic E-state index is 0.236. The van der Waals surface area contributed by atoms with E-state index in [2.05, 4.69) is 30.4 Å². The fraction of sp³-hybridized carbons (Fsp3) is 0.533. The molecule has 1 aliphatic rings. The van der Waals surface area contributed by atoms with Gasteiger partial charge < -0.3 is 5.21 Å². The van der Waals surface area contributed by atoms with E-state index in [-0.39, 0.29) is 10.8 Å². The third-order valence-corrected chi connectivity index (χ3v) is 5.09. The van der Waals surface area contributed by atoms with Crippen LogP contribution in [0.5, 0.6) is 0 Å². The van der Waals surface area contributed by atoms with Crippen LogP contribution in [0.1, 0.15) is 39.5 Å². The first-order chi connectivity index (χ1) is 9.25. The number of para-hydroxylation sites is 1. The number of rotatable bonds is 5. The number of hydrogen-bond acceptors (Lipinski definition) is 4. The number of hydrogen-bond donors (Lipinski definition) is 2. The average Bonchev–Trinajstić information content (AvgIpc) is 2.58. The second kappa shape index (κ2) is 6.55.